The fraction of sp³-hybridized carbons (Fsp3) is 1.00. The molecule has 1 saturated carbocycles. The zero-order valence-corrected chi connectivity index (χ0v) is 11.1. The largest absolute Gasteiger partial charge is 0.229 e. The van der Waals surface area contributed by atoms with E-state index in [1.807, 2.05) is 0 Å². The quantitative estimate of drug-likeness (QED) is 0.589. The third kappa shape index (κ3) is 5.35. The highest BCUT2D eigenvalue weighted by Gasteiger charge is 2.19. The summed E-state index contributed by atoms with van der Waals surface area (Å²) in [6.07, 6.45) is 8.32. The van der Waals surface area contributed by atoms with Crippen molar-refractivity contribution in [2.24, 2.45) is 5.92 Å². The van der Waals surface area contributed by atoms with Crippen molar-refractivity contribution >= 4 is 25.8 Å². The molecule has 1 aliphatic rings. The highest BCUT2D eigenvalue weighted by molar-refractivity contribution is 9.09. The summed E-state index contributed by atoms with van der Waals surface area (Å²) in [6.45, 7) is 0. The van der Waals surface area contributed by atoms with E-state index in [-0.39, 0.29) is 0 Å². The fourth-order valence-corrected chi connectivity index (χ4v) is 3.65. The molecule has 0 saturated heterocycles. The molecule has 14 heavy (non-hydrogen) atoms. The lowest BCUT2D eigenvalue weighted by molar-refractivity contribution is 0.450. The predicted octanol–water partition coefficient (Wildman–Crippen LogP) is 2.76. The first-order valence-corrected chi connectivity index (χ1v) is 8.27. The van der Waals surface area contributed by atoms with Crippen molar-refractivity contribution in [3.05, 3.63) is 0 Å². The highest BCUT2D eigenvalue weighted by atomic mass is 79.9. The minimum absolute atomic E-state index is 0.359. The lowest BCUT2D eigenvalue weighted by atomic mass is 9.98. The maximum Gasteiger partial charge on any atom is 0.147 e. The summed E-state index contributed by atoms with van der Waals surface area (Å²) < 4.78 is 22.1. The maximum atomic E-state index is 11.0. The molecule has 84 valence electrons. The minimum Gasteiger partial charge on any atom is -0.229 e. The molecule has 0 amide bonds. The summed E-state index contributed by atoms with van der Waals surface area (Å²) in [4.78, 5) is 0.606. The van der Waals surface area contributed by atoms with Crippen LogP contribution in [0.25, 0.3) is 0 Å². The molecule has 0 aromatic heterocycles. The van der Waals surface area contributed by atoms with E-state index >= 15 is 0 Å². The topological polar surface area (TPSA) is 34.1 Å². The van der Waals surface area contributed by atoms with Crippen LogP contribution in [0.5, 0.6) is 0 Å². The van der Waals surface area contributed by atoms with Gasteiger partial charge in [-0.1, -0.05) is 35.2 Å². The van der Waals surface area contributed by atoms with E-state index in [0.717, 1.165) is 12.8 Å². The van der Waals surface area contributed by atoms with Crippen LogP contribution < -0.4 is 0 Å². The molecule has 4 heteroatoms. The second-order valence-corrected chi connectivity index (χ2v) is 7.96. The van der Waals surface area contributed by atoms with Gasteiger partial charge in [0.15, 0.2) is 0 Å². The zero-order chi connectivity index (χ0) is 10.6. The molecule has 1 aliphatic carbocycles. The normalized spacial score (nSPS) is 29.9. The highest BCUT2D eigenvalue weighted by Crippen LogP contribution is 2.29. The molecule has 2 atom stereocenters. The van der Waals surface area contributed by atoms with Crippen LogP contribution in [0.1, 0.15) is 38.5 Å². The standard InChI is InChI=1S/C10H19BrO2S/c1-14(12,13)7-6-9-4-2-3-5-10(11)8-9/h9-10H,2-8H2,1H3. The molecule has 0 heterocycles. The Kier molecular flexibility index (Phi) is 4.91. The first-order chi connectivity index (χ1) is 6.47. The molecule has 0 radical (unpaired) electrons. The van der Waals surface area contributed by atoms with Gasteiger partial charge in [-0.2, -0.15) is 0 Å². The Morgan fingerprint density at radius 1 is 1.29 bits per heavy atom. The van der Waals surface area contributed by atoms with Crippen molar-refractivity contribution in [3.8, 4) is 0 Å². The second-order valence-electron chi connectivity index (χ2n) is 4.40. The third-order valence-electron chi connectivity index (χ3n) is 2.87. The van der Waals surface area contributed by atoms with Crippen LogP contribution >= 0.6 is 15.9 Å². The molecule has 1 rings (SSSR count). The van der Waals surface area contributed by atoms with Crippen molar-refractivity contribution in [1.82, 2.24) is 0 Å². The van der Waals surface area contributed by atoms with E-state index in [9.17, 15) is 8.42 Å². The van der Waals surface area contributed by atoms with Gasteiger partial charge in [-0.05, 0) is 25.2 Å². The van der Waals surface area contributed by atoms with E-state index in [1.165, 1.54) is 31.9 Å². The smallest absolute Gasteiger partial charge is 0.147 e. The van der Waals surface area contributed by atoms with Gasteiger partial charge in [0.25, 0.3) is 0 Å². The number of halogens is 1. The van der Waals surface area contributed by atoms with Crippen LogP contribution in [0.2, 0.25) is 0 Å². The van der Waals surface area contributed by atoms with Crippen molar-refractivity contribution in [1.29, 1.82) is 0 Å². The molecule has 0 bridgehead atoms. The van der Waals surface area contributed by atoms with Crippen molar-refractivity contribution < 1.29 is 8.42 Å². The Morgan fingerprint density at radius 2 is 1.93 bits per heavy atom. The van der Waals surface area contributed by atoms with Gasteiger partial charge in [-0.25, -0.2) is 8.42 Å². The maximum absolute atomic E-state index is 11.0. The van der Waals surface area contributed by atoms with Crippen LogP contribution in [0, 0.1) is 5.92 Å². The summed E-state index contributed by atoms with van der Waals surface area (Å²) in [6, 6.07) is 0. The van der Waals surface area contributed by atoms with E-state index in [0.29, 0.717) is 16.5 Å². The van der Waals surface area contributed by atoms with Crippen molar-refractivity contribution in [3.63, 3.8) is 0 Å². The van der Waals surface area contributed by atoms with Crippen molar-refractivity contribution in [2.45, 2.75) is 43.4 Å². The predicted molar refractivity (Wildman–Crippen MR) is 63.6 cm³/mol. The lowest BCUT2D eigenvalue weighted by Crippen LogP contribution is -2.11. The van der Waals surface area contributed by atoms with Gasteiger partial charge in [0.1, 0.15) is 9.84 Å². The van der Waals surface area contributed by atoms with Gasteiger partial charge in [0.05, 0.1) is 5.75 Å². The number of hydrogen-bond acceptors (Lipinski definition) is 2. The van der Waals surface area contributed by atoms with Gasteiger partial charge >= 0.3 is 0 Å². The van der Waals surface area contributed by atoms with Gasteiger partial charge in [0, 0.05) is 11.1 Å². The number of sulfone groups is 1. The monoisotopic (exact) mass is 282 g/mol. The van der Waals surface area contributed by atoms with Crippen LogP contribution in [0.15, 0.2) is 0 Å². The average Bonchev–Trinajstić information content (AvgIpc) is 2.25. The molecule has 0 aromatic carbocycles. The summed E-state index contributed by atoms with van der Waals surface area (Å²) in [5.74, 6) is 0.966. The summed E-state index contributed by atoms with van der Waals surface area (Å²) in [7, 11) is -2.77. The van der Waals surface area contributed by atoms with E-state index in [1.54, 1.807) is 0 Å². The number of alkyl halides is 1. The molecule has 2 unspecified atom stereocenters. The molecule has 0 aromatic rings. The molecule has 0 N–H and O–H groups in total. The zero-order valence-electron chi connectivity index (χ0n) is 8.71. The molecule has 1 fully saturated rings. The fourth-order valence-electron chi connectivity index (χ4n) is 2.04. The Balaban J connectivity index is 2.35. The van der Waals surface area contributed by atoms with Gasteiger partial charge in [0.2, 0.25) is 0 Å². The number of rotatable bonds is 3. The first-order valence-electron chi connectivity index (χ1n) is 5.29. The van der Waals surface area contributed by atoms with Crippen LogP contribution in [0.4, 0.5) is 0 Å². The molecule has 0 spiro atoms. The minimum atomic E-state index is -2.77. The SMILES string of the molecule is CS(=O)(=O)CCC1CCCCC(Br)C1. The molecule has 0 aliphatic heterocycles. The average molecular weight is 283 g/mol. The van der Waals surface area contributed by atoms with E-state index < -0.39 is 9.84 Å². The van der Waals surface area contributed by atoms with Crippen LogP contribution in [-0.2, 0) is 9.84 Å². The van der Waals surface area contributed by atoms with Gasteiger partial charge in [-0.15, -0.1) is 0 Å². The second kappa shape index (κ2) is 5.50. The summed E-state index contributed by atoms with van der Waals surface area (Å²) >= 11 is 3.65. The van der Waals surface area contributed by atoms with E-state index in [2.05, 4.69) is 15.9 Å². The Hall–Kier alpha value is 0.430. The van der Waals surface area contributed by atoms with Crippen LogP contribution in [0.3, 0.4) is 0 Å². The first kappa shape index (κ1) is 12.5. The molecular weight excluding hydrogens is 264 g/mol. The Labute approximate surface area is 95.5 Å². The molecule has 2 nitrogen and oxygen atoms in total. The summed E-state index contributed by atoms with van der Waals surface area (Å²) in [5.41, 5.74) is 0. The Morgan fingerprint density at radius 3 is 2.57 bits per heavy atom. The van der Waals surface area contributed by atoms with Gasteiger partial charge < -0.3 is 0 Å². The summed E-state index contributed by atoms with van der Waals surface area (Å²) in [5, 5.41) is 0. The number of hydrogen-bond donors (Lipinski definition) is 0. The Bertz CT molecular complexity index is 261. The van der Waals surface area contributed by atoms with Crippen molar-refractivity contribution in [2.75, 3.05) is 12.0 Å². The van der Waals surface area contributed by atoms with Crippen LogP contribution in [-0.4, -0.2) is 25.3 Å². The molecular formula is C10H19BrO2S. The van der Waals surface area contributed by atoms with Gasteiger partial charge in [-0.3, -0.25) is 0 Å². The van der Waals surface area contributed by atoms with E-state index in [4.69, 9.17) is 0 Å². The lowest BCUT2D eigenvalue weighted by Gasteiger charge is -2.15. The third-order valence-corrected chi connectivity index (χ3v) is 4.67.